The third-order valence-electron chi connectivity index (χ3n) is 6.89. The second-order valence-corrected chi connectivity index (χ2v) is 11.0. The monoisotopic (exact) mass is 563 g/mol. The Kier molecular flexibility index (Phi) is 10.9. The highest BCUT2D eigenvalue weighted by molar-refractivity contribution is 5.90. The number of quaternary nitrogens is 1. The minimum absolute atomic E-state index is 0.0396. The number of halogens is 1. The second-order valence-electron chi connectivity index (χ2n) is 11.0. The first-order valence-electron chi connectivity index (χ1n) is 13.5. The Hall–Kier alpha value is -3.92. The Morgan fingerprint density at radius 3 is 2.02 bits per heavy atom. The molecule has 5 N–H and O–H groups in total. The molecule has 3 aromatic carbocycles. The van der Waals surface area contributed by atoms with Crippen molar-refractivity contribution in [1.82, 2.24) is 9.80 Å². The average molecular weight is 564 g/mol. The van der Waals surface area contributed by atoms with Gasteiger partial charge in [0.15, 0.2) is 6.04 Å². The Morgan fingerprint density at radius 2 is 1.44 bits per heavy atom. The summed E-state index contributed by atoms with van der Waals surface area (Å²) in [6.07, 6.45) is 0.155. The number of rotatable bonds is 13. The number of amides is 3. The van der Waals surface area contributed by atoms with Crippen molar-refractivity contribution in [2.45, 2.75) is 44.3 Å². The molecule has 0 bridgehead atoms. The predicted molar refractivity (Wildman–Crippen MR) is 156 cm³/mol. The molecule has 0 saturated carbocycles. The lowest BCUT2D eigenvalue weighted by Gasteiger charge is -2.33. The van der Waals surface area contributed by atoms with Crippen LogP contribution in [-0.4, -0.2) is 72.5 Å². The van der Waals surface area contributed by atoms with Gasteiger partial charge in [-0.15, -0.1) is 0 Å². The van der Waals surface area contributed by atoms with Crippen LogP contribution in [0.15, 0.2) is 78.9 Å². The summed E-state index contributed by atoms with van der Waals surface area (Å²) < 4.78 is 19.9. The highest BCUT2D eigenvalue weighted by Crippen LogP contribution is 2.21. The van der Waals surface area contributed by atoms with Gasteiger partial charge in [-0.2, -0.15) is 0 Å². The fourth-order valence-corrected chi connectivity index (χ4v) is 4.48. The van der Waals surface area contributed by atoms with E-state index >= 15 is 0 Å². The van der Waals surface area contributed by atoms with Crippen molar-refractivity contribution in [1.29, 1.82) is 0 Å². The molecule has 0 aliphatic heterocycles. The molecule has 3 rings (SSSR count). The number of carbonyl (C=O) groups is 3. The zero-order valence-corrected chi connectivity index (χ0v) is 24.2. The van der Waals surface area contributed by atoms with Crippen molar-refractivity contribution in [2.75, 3.05) is 27.3 Å². The molecule has 0 heterocycles. The number of ether oxygens (including phenoxy) is 1. The summed E-state index contributed by atoms with van der Waals surface area (Å²) in [6, 6.07) is 21.8. The third kappa shape index (κ3) is 9.04. The van der Waals surface area contributed by atoms with Gasteiger partial charge in [0.1, 0.15) is 18.5 Å². The predicted octanol–water partition coefficient (Wildman–Crippen LogP) is 2.45. The normalized spacial score (nSPS) is 12.9. The molecule has 9 heteroatoms. The maximum absolute atomic E-state index is 14.4. The van der Waals surface area contributed by atoms with E-state index in [0.29, 0.717) is 5.56 Å². The van der Waals surface area contributed by atoms with Gasteiger partial charge >= 0.3 is 5.91 Å². The van der Waals surface area contributed by atoms with Crippen LogP contribution in [0, 0.1) is 5.82 Å². The summed E-state index contributed by atoms with van der Waals surface area (Å²) in [5.41, 5.74) is 12.1. The van der Waals surface area contributed by atoms with Crippen LogP contribution >= 0.6 is 0 Å². The number of nitrogens with zero attached hydrogens (tertiary/aromatic N) is 2. The number of likely N-dealkylation sites (N-methyl/N-ethyl adjacent to an activating group) is 2. The first kappa shape index (κ1) is 31.6. The van der Waals surface area contributed by atoms with Crippen LogP contribution in [0.25, 0.3) is 11.1 Å². The summed E-state index contributed by atoms with van der Waals surface area (Å²) in [7, 11) is 3.01. The van der Waals surface area contributed by atoms with Crippen LogP contribution in [-0.2, 0) is 32.0 Å². The lowest BCUT2D eigenvalue weighted by atomic mass is 9.98. The van der Waals surface area contributed by atoms with Gasteiger partial charge in [0.05, 0.1) is 6.61 Å². The van der Waals surface area contributed by atoms with E-state index < -0.39 is 41.2 Å². The lowest BCUT2D eigenvalue weighted by molar-refractivity contribution is -0.311. The molecule has 3 aromatic rings. The Labute approximate surface area is 241 Å². The maximum atomic E-state index is 14.4. The topological polar surface area (TPSA) is 121 Å². The number of nitrogens with two attached hydrogens (primary N) is 1. The first-order chi connectivity index (χ1) is 19.4. The average Bonchev–Trinajstić information content (AvgIpc) is 2.94. The van der Waals surface area contributed by atoms with Crippen molar-refractivity contribution in [2.24, 2.45) is 5.73 Å². The van der Waals surface area contributed by atoms with E-state index in [-0.39, 0.29) is 26.1 Å². The molecule has 0 saturated heterocycles. The number of benzene rings is 3. The molecule has 3 amide bonds. The minimum atomic E-state index is -1.01. The van der Waals surface area contributed by atoms with E-state index in [4.69, 9.17) is 10.5 Å². The molecule has 0 aliphatic carbocycles. The van der Waals surface area contributed by atoms with Crippen molar-refractivity contribution in [3.05, 3.63) is 95.8 Å². The van der Waals surface area contributed by atoms with Gasteiger partial charge in [0, 0.05) is 32.5 Å². The quantitative estimate of drug-likeness (QED) is 0.331. The highest BCUT2D eigenvalue weighted by Gasteiger charge is 2.36. The zero-order valence-electron chi connectivity index (χ0n) is 24.2. The zero-order chi connectivity index (χ0) is 30.2. The molecule has 0 radical (unpaired) electrons. The number of hydrogen-bond donors (Lipinski definition) is 2. The fraction of sp³-hybridized carbons (Fsp3) is 0.344. The second kappa shape index (κ2) is 14.1. The molecule has 0 fully saturated rings. The smallest absolute Gasteiger partial charge is 0.331 e. The Balaban J connectivity index is 1.86. The maximum Gasteiger partial charge on any atom is 0.331 e. The van der Waals surface area contributed by atoms with Crippen molar-refractivity contribution < 1.29 is 29.2 Å². The van der Waals surface area contributed by atoms with Crippen LogP contribution in [0.3, 0.4) is 0 Å². The molecule has 218 valence electrons. The van der Waals surface area contributed by atoms with Crippen LogP contribution in [0.2, 0.25) is 0 Å². The summed E-state index contributed by atoms with van der Waals surface area (Å²) >= 11 is 0. The standard InChI is InChI=1S/C32H39FN4O4/c1-32(2,35)21-41-20-29(38)36(3)28(18-22-14-16-24(17-15-22)23-10-6-5-7-11-23)31(40)37(4)27(30(34)39)19-25-12-8-9-13-26(25)33/h5-17,27-28H,18-21,35H2,1-4H3,(H2,34,39)/p+1/t27-,28-/m1/s1. The number of carbonyl (C=O) groups excluding carboxylic acids is 3. The third-order valence-corrected chi connectivity index (χ3v) is 6.89. The van der Waals surface area contributed by atoms with E-state index in [1.54, 1.807) is 32.0 Å². The summed E-state index contributed by atoms with van der Waals surface area (Å²) in [5.74, 6) is -1.88. The van der Waals surface area contributed by atoms with Crippen molar-refractivity contribution >= 4 is 17.7 Å². The molecular formula is C32H40FN4O4+. The van der Waals surface area contributed by atoms with E-state index in [1.165, 1.54) is 30.0 Å². The fourth-order valence-electron chi connectivity index (χ4n) is 4.48. The largest absolute Gasteiger partial charge is 0.370 e. The Bertz CT molecular complexity index is 1330. The van der Waals surface area contributed by atoms with Gasteiger partial charge in [0.2, 0.25) is 11.8 Å². The van der Waals surface area contributed by atoms with Crippen molar-refractivity contribution in [3.63, 3.8) is 0 Å². The van der Waals surface area contributed by atoms with Gasteiger partial charge in [0.25, 0.3) is 0 Å². The molecular weight excluding hydrogens is 523 g/mol. The van der Waals surface area contributed by atoms with E-state index in [2.05, 4.69) is 5.73 Å². The molecule has 0 aliphatic rings. The van der Waals surface area contributed by atoms with Gasteiger partial charge in [-0.1, -0.05) is 72.8 Å². The molecule has 2 atom stereocenters. The SMILES string of the molecule is CN(C(=O)COCC(C)(C)N)[C@H](Cc1ccc(-c2ccccc2)cc1)C(=O)N(C)[C@H](Cc1ccccc1F)C([NH3+])=O. The van der Waals surface area contributed by atoms with E-state index in [0.717, 1.165) is 16.7 Å². The van der Waals surface area contributed by atoms with Gasteiger partial charge in [-0.3, -0.25) is 15.3 Å². The van der Waals surface area contributed by atoms with E-state index in [9.17, 15) is 18.8 Å². The molecule has 0 aromatic heterocycles. The minimum Gasteiger partial charge on any atom is -0.370 e. The van der Waals surface area contributed by atoms with Crippen molar-refractivity contribution in [3.8, 4) is 11.1 Å². The van der Waals surface area contributed by atoms with Gasteiger partial charge in [-0.25, -0.2) is 9.18 Å². The van der Waals surface area contributed by atoms with Crippen LogP contribution in [0.1, 0.15) is 25.0 Å². The van der Waals surface area contributed by atoms with Crippen LogP contribution in [0.4, 0.5) is 4.39 Å². The van der Waals surface area contributed by atoms with E-state index in [1.807, 2.05) is 54.6 Å². The first-order valence-corrected chi connectivity index (χ1v) is 13.5. The molecule has 41 heavy (non-hydrogen) atoms. The van der Waals surface area contributed by atoms with Crippen LogP contribution in [0.5, 0.6) is 0 Å². The van der Waals surface area contributed by atoms with Gasteiger partial charge in [-0.05, 0) is 42.2 Å². The molecule has 0 unspecified atom stereocenters. The highest BCUT2D eigenvalue weighted by atomic mass is 19.1. The van der Waals surface area contributed by atoms with Gasteiger partial charge < -0.3 is 20.3 Å². The Morgan fingerprint density at radius 1 is 0.854 bits per heavy atom. The lowest BCUT2D eigenvalue weighted by Crippen LogP contribution is -2.68. The summed E-state index contributed by atoms with van der Waals surface area (Å²) in [6.45, 7) is 3.47. The molecule has 8 nitrogen and oxygen atoms in total. The summed E-state index contributed by atoms with van der Waals surface area (Å²) in [5, 5.41) is 0. The number of hydrogen-bond acceptors (Lipinski definition) is 5. The van der Waals surface area contributed by atoms with Crippen LogP contribution < -0.4 is 11.5 Å². The molecule has 0 spiro atoms. The summed E-state index contributed by atoms with van der Waals surface area (Å²) in [4.78, 5) is 42.2.